The van der Waals surface area contributed by atoms with Crippen molar-refractivity contribution in [3.05, 3.63) is 0 Å². The standard InChI is InChI=1S/C27H43N7O8S/c1-16(23(38)30-14-21(35)29-15-22(36)37)31-24(39)17(9-13-43-2)32-25(40)19-7-4-11-33(19)27(42)20-8-5-12-34(20)26(41)18-6-3-10-28-18/h16-20,28H,3-15H2,1-2H3,(H,29,35)(H,30,38)(H,31,39)(H,32,40)(H,36,37)/t16-,17-,18-,19-,20-/m0/s1. The molecule has 240 valence electrons. The number of hydrogen-bond acceptors (Lipinski definition) is 9. The van der Waals surface area contributed by atoms with E-state index in [1.54, 1.807) is 4.90 Å². The Morgan fingerprint density at radius 2 is 1.53 bits per heavy atom. The summed E-state index contributed by atoms with van der Waals surface area (Å²) >= 11 is 1.48. The van der Waals surface area contributed by atoms with Crippen molar-refractivity contribution < 1.29 is 38.7 Å². The highest BCUT2D eigenvalue weighted by atomic mass is 32.2. The van der Waals surface area contributed by atoms with Crippen LogP contribution in [0.2, 0.25) is 0 Å². The molecule has 3 aliphatic heterocycles. The maximum Gasteiger partial charge on any atom is 0.322 e. The van der Waals surface area contributed by atoms with E-state index >= 15 is 0 Å². The Bertz CT molecular complexity index is 1070. The molecule has 3 heterocycles. The van der Waals surface area contributed by atoms with Crippen LogP contribution in [0, 0.1) is 0 Å². The van der Waals surface area contributed by atoms with E-state index in [1.807, 2.05) is 6.26 Å². The van der Waals surface area contributed by atoms with Crippen LogP contribution in [0.1, 0.15) is 51.9 Å². The molecule has 0 aromatic rings. The van der Waals surface area contributed by atoms with E-state index in [9.17, 15) is 33.6 Å². The number of aliphatic carboxylic acids is 1. The van der Waals surface area contributed by atoms with Crippen LogP contribution in [0.25, 0.3) is 0 Å². The van der Waals surface area contributed by atoms with Crippen LogP contribution >= 0.6 is 11.8 Å². The van der Waals surface area contributed by atoms with Crippen molar-refractivity contribution in [1.29, 1.82) is 0 Å². The van der Waals surface area contributed by atoms with Gasteiger partial charge >= 0.3 is 5.97 Å². The minimum atomic E-state index is -1.23. The van der Waals surface area contributed by atoms with Gasteiger partial charge in [-0.05, 0) is 70.4 Å². The summed E-state index contributed by atoms with van der Waals surface area (Å²) in [6.45, 7) is 2.03. The molecule has 5 atom stereocenters. The van der Waals surface area contributed by atoms with Crippen molar-refractivity contribution in [2.75, 3.05) is 44.7 Å². The fourth-order valence-corrected chi connectivity index (χ4v) is 6.06. The summed E-state index contributed by atoms with van der Waals surface area (Å²) in [5.74, 6) is -3.41. The largest absolute Gasteiger partial charge is 0.480 e. The predicted molar refractivity (Wildman–Crippen MR) is 157 cm³/mol. The number of amides is 6. The van der Waals surface area contributed by atoms with Gasteiger partial charge in [-0.25, -0.2) is 0 Å². The fraction of sp³-hybridized carbons (Fsp3) is 0.741. The average molecular weight is 626 g/mol. The third-order valence-corrected chi connectivity index (χ3v) is 8.52. The summed E-state index contributed by atoms with van der Waals surface area (Å²) in [7, 11) is 0. The number of carboxylic acids is 1. The summed E-state index contributed by atoms with van der Waals surface area (Å²) in [4.78, 5) is 91.0. The Labute approximate surface area is 255 Å². The molecule has 0 saturated carbocycles. The molecule has 3 saturated heterocycles. The summed E-state index contributed by atoms with van der Waals surface area (Å²) in [6.07, 6.45) is 6.11. The zero-order valence-corrected chi connectivity index (χ0v) is 25.5. The Morgan fingerprint density at radius 3 is 2.16 bits per heavy atom. The van der Waals surface area contributed by atoms with Crippen molar-refractivity contribution in [3.8, 4) is 0 Å². The number of carboxylic acid groups (broad SMARTS) is 1. The quantitative estimate of drug-likeness (QED) is 0.123. The van der Waals surface area contributed by atoms with Crippen LogP contribution in [0.3, 0.4) is 0 Å². The molecule has 3 fully saturated rings. The number of thioether (sulfide) groups is 1. The number of carbonyl (C=O) groups excluding carboxylic acids is 6. The summed E-state index contributed by atoms with van der Waals surface area (Å²) in [5.41, 5.74) is 0. The Hall–Kier alpha value is -3.40. The van der Waals surface area contributed by atoms with Crippen molar-refractivity contribution in [3.63, 3.8) is 0 Å². The lowest BCUT2D eigenvalue weighted by atomic mass is 10.1. The van der Waals surface area contributed by atoms with Gasteiger partial charge in [-0.1, -0.05) is 0 Å². The lowest BCUT2D eigenvalue weighted by Crippen LogP contribution is -2.58. The highest BCUT2D eigenvalue weighted by Crippen LogP contribution is 2.26. The molecular formula is C27H43N7O8S. The maximum atomic E-state index is 13.6. The minimum absolute atomic E-state index is 0.0682. The van der Waals surface area contributed by atoms with E-state index in [2.05, 4.69) is 26.6 Å². The first-order valence-corrected chi connectivity index (χ1v) is 16.1. The number of carbonyl (C=O) groups is 7. The van der Waals surface area contributed by atoms with Gasteiger partial charge in [0.1, 0.15) is 30.7 Å². The number of hydrogen-bond donors (Lipinski definition) is 6. The molecule has 6 N–H and O–H groups in total. The Kier molecular flexibility index (Phi) is 13.0. The Morgan fingerprint density at radius 1 is 0.860 bits per heavy atom. The molecule has 43 heavy (non-hydrogen) atoms. The van der Waals surface area contributed by atoms with Crippen LogP contribution in [0.15, 0.2) is 0 Å². The second-order valence-electron chi connectivity index (χ2n) is 11.0. The SMILES string of the molecule is CSCC[C@H](NC(=O)[C@@H]1CCCN1C(=O)[C@@H]1CCCN1C(=O)[C@@H]1CCCN1)C(=O)N[C@@H](C)C(=O)NCC(=O)NCC(=O)O. The number of nitrogens with one attached hydrogen (secondary N) is 5. The van der Waals surface area contributed by atoms with Crippen LogP contribution in [0.4, 0.5) is 0 Å². The molecule has 15 nitrogen and oxygen atoms in total. The number of nitrogens with zero attached hydrogens (tertiary/aromatic N) is 2. The normalized spacial score (nSPS) is 22.9. The van der Waals surface area contributed by atoms with Crippen molar-refractivity contribution in [2.24, 2.45) is 0 Å². The van der Waals surface area contributed by atoms with Crippen LogP contribution in [-0.2, 0) is 33.6 Å². The van der Waals surface area contributed by atoms with E-state index in [0.717, 1.165) is 25.8 Å². The third kappa shape index (κ3) is 9.55. The summed E-state index contributed by atoms with van der Waals surface area (Å²) in [5, 5.41) is 21.6. The van der Waals surface area contributed by atoms with Crippen LogP contribution in [0.5, 0.6) is 0 Å². The van der Waals surface area contributed by atoms with Crippen LogP contribution in [-0.4, -0.2) is 131 Å². The molecule has 6 amide bonds. The molecule has 0 unspecified atom stereocenters. The highest BCUT2D eigenvalue weighted by molar-refractivity contribution is 7.98. The van der Waals surface area contributed by atoms with Gasteiger partial charge in [0.15, 0.2) is 0 Å². The molecule has 0 spiro atoms. The summed E-state index contributed by atoms with van der Waals surface area (Å²) in [6, 6.07) is -3.67. The minimum Gasteiger partial charge on any atom is -0.480 e. The molecule has 16 heteroatoms. The molecular weight excluding hydrogens is 582 g/mol. The molecule has 0 aromatic heterocycles. The van der Waals surface area contributed by atoms with Crippen molar-refractivity contribution >= 4 is 53.2 Å². The highest BCUT2D eigenvalue weighted by Gasteiger charge is 2.44. The lowest BCUT2D eigenvalue weighted by molar-refractivity contribution is -0.147. The number of likely N-dealkylation sites (tertiary alicyclic amines) is 2. The van der Waals surface area contributed by atoms with Gasteiger partial charge in [0, 0.05) is 13.1 Å². The molecule has 0 aromatic carbocycles. The van der Waals surface area contributed by atoms with Gasteiger partial charge < -0.3 is 41.5 Å². The number of rotatable bonds is 14. The van der Waals surface area contributed by atoms with E-state index in [0.29, 0.717) is 38.1 Å². The first-order chi connectivity index (χ1) is 20.5. The van der Waals surface area contributed by atoms with Crippen LogP contribution < -0.4 is 26.6 Å². The predicted octanol–water partition coefficient (Wildman–Crippen LogP) is -2.22. The van der Waals surface area contributed by atoms with Gasteiger partial charge in [0.25, 0.3) is 0 Å². The lowest BCUT2D eigenvalue weighted by Gasteiger charge is -2.32. The van der Waals surface area contributed by atoms with E-state index in [1.165, 1.54) is 23.6 Å². The molecule has 0 aliphatic carbocycles. The van der Waals surface area contributed by atoms with Crippen molar-refractivity contribution in [1.82, 2.24) is 36.4 Å². The monoisotopic (exact) mass is 625 g/mol. The molecule has 3 rings (SSSR count). The first-order valence-electron chi connectivity index (χ1n) is 14.7. The van der Waals surface area contributed by atoms with Gasteiger partial charge in [-0.2, -0.15) is 11.8 Å². The summed E-state index contributed by atoms with van der Waals surface area (Å²) < 4.78 is 0. The second-order valence-corrected chi connectivity index (χ2v) is 12.0. The molecule has 3 aliphatic rings. The first kappa shape index (κ1) is 34.1. The van der Waals surface area contributed by atoms with Crippen molar-refractivity contribution in [2.45, 2.75) is 82.1 Å². The van der Waals surface area contributed by atoms with E-state index in [4.69, 9.17) is 5.11 Å². The van der Waals surface area contributed by atoms with Gasteiger partial charge in [-0.3, -0.25) is 33.6 Å². The maximum absolute atomic E-state index is 13.6. The van der Waals surface area contributed by atoms with E-state index in [-0.39, 0.29) is 24.3 Å². The zero-order chi connectivity index (χ0) is 31.5. The van der Waals surface area contributed by atoms with Gasteiger partial charge in [0.05, 0.1) is 12.6 Å². The molecule has 0 bridgehead atoms. The zero-order valence-electron chi connectivity index (χ0n) is 24.7. The topological polar surface area (TPSA) is 206 Å². The van der Waals surface area contributed by atoms with Gasteiger partial charge in [0.2, 0.25) is 35.4 Å². The smallest absolute Gasteiger partial charge is 0.322 e. The third-order valence-electron chi connectivity index (χ3n) is 7.87. The average Bonchev–Trinajstić information content (AvgIpc) is 3.78. The van der Waals surface area contributed by atoms with Gasteiger partial charge in [-0.15, -0.1) is 0 Å². The molecule has 0 radical (unpaired) electrons. The fourth-order valence-electron chi connectivity index (χ4n) is 5.59. The van der Waals surface area contributed by atoms with E-state index < -0.39 is 66.9 Å². The Balaban J connectivity index is 1.58. The second kappa shape index (κ2) is 16.4.